The van der Waals surface area contributed by atoms with E-state index in [2.05, 4.69) is 33.9 Å². The first-order chi connectivity index (χ1) is 10.5. The standard InChI is InChI=1S/C16H22N4OS/c1-9(2)15-19-18-14-6-5-12(8-20(14)15)17-16(21)13-7-10(3)22-11(13)4/h7,9,12H,5-6,8H2,1-4H3,(H,17,21)/t12-/m0/s1. The molecule has 1 aliphatic rings. The van der Waals surface area contributed by atoms with Gasteiger partial charge in [0, 0.05) is 34.7 Å². The maximum Gasteiger partial charge on any atom is 0.252 e. The van der Waals surface area contributed by atoms with E-state index in [1.165, 1.54) is 4.88 Å². The Bertz CT molecular complexity index is 701. The van der Waals surface area contributed by atoms with Crippen molar-refractivity contribution in [2.45, 2.75) is 59.0 Å². The molecular weight excluding hydrogens is 296 g/mol. The van der Waals surface area contributed by atoms with E-state index in [1.54, 1.807) is 11.3 Å². The van der Waals surface area contributed by atoms with E-state index >= 15 is 0 Å². The minimum Gasteiger partial charge on any atom is -0.347 e. The Labute approximate surface area is 134 Å². The molecule has 1 amide bonds. The lowest BCUT2D eigenvalue weighted by molar-refractivity contribution is 0.0927. The zero-order valence-corrected chi connectivity index (χ0v) is 14.3. The van der Waals surface area contributed by atoms with Crippen LogP contribution in [0.1, 0.15) is 57.9 Å². The monoisotopic (exact) mass is 318 g/mol. The maximum absolute atomic E-state index is 12.5. The summed E-state index contributed by atoms with van der Waals surface area (Å²) in [6.07, 6.45) is 1.79. The van der Waals surface area contributed by atoms with Gasteiger partial charge in [0.2, 0.25) is 0 Å². The van der Waals surface area contributed by atoms with Crippen LogP contribution in [0.15, 0.2) is 6.07 Å². The van der Waals surface area contributed by atoms with Gasteiger partial charge in [-0.3, -0.25) is 4.79 Å². The number of carbonyl (C=O) groups is 1. The third kappa shape index (κ3) is 2.79. The molecule has 1 N–H and O–H groups in total. The Hall–Kier alpha value is -1.69. The Kier molecular flexibility index (Phi) is 4.04. The summed E-state index contributed by atoms with van der Waals surface area (Å²) in [5, 5.41) is 11.7. The van der Waals surface area contributed by atoms with E-state index in [1.807, 2.05) is 19.9 Å². The highest BCUT2D eigenvalue weighted by molar-refractivity contribution is 7.12. The van der Waals surface area contributed by atoms with Gasteiger partial charge in [-0.05, 0) is 26.3 Å². The van der Waals surface area contributed by atoms with Crippen molar-refractivity contribution in [3.05, 3.63) is 33.0 Å². The number of rotatable bonds is 3. The van der Waals surface area contributed by atoms with Crippen LogP contribution in [0.5, 0.6) is 0 Å². The molecular formula is C16H22N4OS. The van der Waals surface area contributed by atoms with Crippen molar-refractivity contribution < 1.29 is 4.79 Å². The van der Waals surface area contributed by atoms with Crippen LogP contribution in [-0.4, -0.2) is 26.7 Å². The van der Waals surface area contributed by atoms with E-state index in [9.17, 15) is 4.79 Å². The molecule has 0 aromatic carbocycles. The molecule has 5 nitrogen and oxygen atoms in total. The van der Waals surface area contributed by atoms with Crippen molar-refractivity contribution in [3.63, 3.8) is 0 Å². The van der Waals surface area contributed by atoms with Gasteiger partial charge in [0.05, 0.1) is 5.56 Å². The van der Waals surface area contributed by atoms with Crippen LogP contribution in [0.2, 0.25) is 0 Å². The molecule has 2 aromatic rings. The number of aromatic nitrogens is 3. The average Bonchev–Trinajstić information content (AvgIpc) is 3.01. The summed E-state index contributed by atoms with van der Waals surface area (Å²) < 4.78 is 2.17. The van der Waals surface area contributed by atoms with Gasteiger partial charge in [-0.2, -0.15) is 0 Å². The highest BCUT2D eigenvalue weighted by atomic mass is 32.1. The normalized spacial score (nSPS) is 17.6. The van der Waals surface area contributed by atoms with Crippen LogP contribution >= 0.6 is 11.3 Å². The lowest BCUT2D eigenvalue weighted by Crippen LogP contribution is -2.41. The Morgan fingerprint density at radius 1 is 1.41 bits per heavy atom. The summed E-state index contributed by atoms with van der Waals surface area (Å²) in [6, 6.07) is 2.12. The summed E-state index contributed by atoms with van der Waals surface area (Å²) in [5.41, 5.74) is 0.807. The molecule has 1 atom stereocenters. The van der Waals surface area contributed by atoms with Crippen molar-refractivity contribution in [2.24, 2.45) is 0 Å². The van der Waals surface area contributed by atoms with Crippen LogP contribution in [0.4, 0.5) is 0 Å². The van der Waals surface area contributed by atoms with Crippen LogP contribution in [0.3, 0.4) is 0 Å². The van der Waals surface area contributed by atoms with Crippen LogP contribution in [0, 0.1) is 13.8 Å². The topological polar surface area (TPSA) is 59.8 Å². The minimum atomic E-state index is 0.0365. The summed E-state index contributed by atoms with van der Waals surface area (Å²) in [4.78, 5) is 14.7. The van der Waals surface area contributed by atoms with Crippen LogP contribution in [-0.2, 0) is 13.0 Å². The number of nitrogens with one attached hydrogen (secondary N) is 1. The second-order valence-corrected chi connectivity index (χ2v) is 7.74. The fourth-order valence-electron chi connectivity index (χ4n) is 3.01. The fourth-order valence-corrected chi connectivity index (χ4v) is 3.93. The number of nitrogens with zero attached hydrogens (tertiary/aromatic N) is 3. The van der Waals surface area contributed by atoms with Gasteiger partial charge in [0.25, 0.3) is 5.91 Å². The van der Waals surface area contributed by atoms with Crippen molar-refractivity contribution in [1.29, 1.82) is 0 Å². The van der Waals surface area contributed by atoms with Gasteiger partial charge >= 0.3 is 0 Å². The van der Waals surface area contributed by atoms with Gasteiger partial charge in [0.15, 0.2) is 0 Å². The van der Waals surface area contributed by atoms with Gasteiger partial charge in [0.1, 0.15) is 11.6 Å². The number of thiophene rings is 1. The molecule has 118 valence electrons. The summed E-state index contributed by atoms with van der Waals surface area (Å²) >= 11 is 1.67. The number of carbonyl (C=O) groups excluding carboxylic acids is 1. The second kappa shape index (κ2) is 5.83. The minimum absolute atomic E-state index is 0.0365. The highest BCUT2D eigenvalue weighted by Crippen LogP contribution is 2.23. The summed E-state index contributed by atoms with van der Waals surface area (Å²) in [6.45, 7) is 9.05. The summed E-state index contributed by atoms with van der Waals surface area (Å²) in [7, 11) is 0. The molecule has 0 aliphatic carbocycles. The van der Waals surface area contributed by atoms with Crippen LogP contribution in [0.25, 0.3) is 0 Å². The SMILES string of the molecule is Cc1cc(C(=O)N[C@H]2CCc3nnc(C(C)C)n3C2)c(C)s1. The number of hydrogen-bond acceptors (Lipinski definition) is 4. The number of aryl methyl sites for hydroxylation is 3. The average molecular weight is 318 g/mol. The van der Waals surface area contributed by atoms with E-state index in [0.717, 1.165) is 41.5 Å². The third-order valence-electron chi connectivity index (χ3n) is 4.11. The highest BCUT2D eigenvalue weighted by Gasteiger charge is 2.25. The summed E-state index contributed by atoms with van der Waals surface area (Å²) in [5.74, 6) is 2.43. The molecule has 0 saturated heterocycles. The predicted octanol–water partition coefficient (Wildman–Crippen LogP) is 2.82. The molecule has 0 bridgehead atoms. The van der Waals surface area contributed by atoms with Crippen molar-refractivity contribution in [2.75, 3.05) is 0 Å². The molecule has 3 heterocycles. The molecule has 0 radical (unpaired) electrons. The Morgan fingerprint density at radius 3 is 2.82 bits per heavy atom. The second-order valence-electron chi connectivity index (χ2n) is 6.28. The molecule has 3 rings (SSSR count). The number of hydrogen-bond donors (Lipinski definition) is 1. The molecule has 2 aromatic heterocycles. The maximum atomic E-state index is 12.5. The van der Waals surface area contributed by atoms with Crippen molar-refractivity contribution in [3.8, 4) is 0 Å². The zero-order chi connectivity index (χ0) is 15.9. The Balaban J connectivity index is 1.73. The van der Waals surface area contributed by atoms with E-state index < -0.39 is 0 Å². The zero-order valence-electron chi connectivity index (χ0n) is 13.5. The van der Waals surface area contributed by atoms with E-state index in [4.69, 9.17) is 0 Å². The molecule has 0 spiro atoms. The first kappa shape index (κ1) is 15.2. The molecule has 6 heteroatoms. The molecule has 22 heavy (non-hydrogen) atoms. The number of amides is 1. The molecule has 1 aliphatic heterocycles. The lowest BCUT2D eigenvalue weighted by atomic mass is 10.1. The molecule has 0 saturated carbocycles. The van der Waals surface area contributed by atoms with Gasteiger partial charge in [-0.1, -0.05) is 13.8 Å². The van der Waals surface area contributed by atoms with Crippen LogP contribution < -0.4 is 5.32 Å². The first-order valence-electron chi connectivity index (χ1n) is 7.75. The Morgan fingerprint density at radius 2 is 2.18 bits per heavy atom. The third-order valence-corrected chi connectivity index (χ3v) is 5.08. The smallest absolute Gasteiger partial charge is 0.252 e. The molecule has 0 unspecified atom stereocenters. The molecule has 0 fully saturated rings. The van der Waals surface area contributed by atoms with Gasteiger partial charge < -0.3 is 9.88 Å². The van der Waals surface area contributed by atoms with Crippen molar-refractivity contribution >= 4 is 17.2 Å². The quantitative estimate of drug-likeness (QED) is 0.946. The van der Waals surface area contributed by atoms with E-state index in [-0.39, 0.29) is 11.9 Å². The fraction of sp³-hybridized carbons (Fsp3) is 0.562. The van der Waals surface area contributed by atoms with Crippen molar-refractivity contribution in [1.82, 2.24) is 20.1 Å². The van der Waals surface area contributed by atoms with Gasteiger partial charge in [-0.15, -0.1) is 21.5 Å². The number of fused-ring (bicyclic) bond motifs is 1. The lowest BCUT2D eigenvalue weighted by Gasteiger charge is -2.26. The first-order valence-corrected chi connectivity index (χ1v) is 8.57. The van der Waals surface area contributed by atoms with Gasteiger partial charge in [-0.25, -0.2) is 0 Å². The largest absolute Gasteiger partial charge is 0.347 e. The predicted molar refractivity (Wildman–Crippen MR) is 87.5 cm³/mol. The van der Waals surface area contributed by atoms with E-state index in [0.29, 0.717) is 5.92 Å².